The summed E-state index contributed by atoms with van der Waals surface area (Å²) in [6, 6.07) is 4.47. The minimum Gasteiger partial charge on any atom is -0.294 e. The Morgan fingerprint density at radius 1 is 1.20 bits per heavy atom. The maximum Gasteiger partial charge on any atom is 0.166 e. The Kier molecular flexibility index (Phi) is 1.95. The zero-order valence-corrected chi connectivity index (χ0v) is 9.18. The third-order valence-electron chi connectivity index (χ3n) is 3.91. The number of rotatable bonds is 1. The highest BCUT2D eigenvalue weighted by Gasteiger charge is 2.30. The summed E-state index contributed by atoms with van der Waals surface area (Å²) in [4.78, 5) is 12.0. The first-order chi connectivity index (χ1) is 7.29. The van der Waals surface area contributed by atoms with Gasteiger partial charge in [0.25, 0.3) is 0 Å². The van der Waals surface area contributed by atoms with Crippen molar-refractivity contribution in [1.82, 2.24) is 0 Å². The van der Waals surface area contributed by atoms with E-state index in [2.05, 4.69) is 19.1 Å². The molecule has 0 spiro atoms. The molecule has 0 saturated carbocycles. The van der Waals surface area contributed by atoms with Crippen molar-refractivity contribution < 1.29 is 4.79 Å². The topological polar surface area (TPSA) is 17.1 Å². The molecule has 1 atom stereocenters. The van der Waals surface area contributed by atoms with E-state index in [0.29, 0.717) is 5.78 Å². The first-order valence-corrected chi connectivity index (χ1v) is 5.98. The van der Waals surface area contributed by atoms with Crippen molar-refractivity contribution in [3.63, 3.8) is 0 Å². The highest BCUT2D eigenvalue weighted by atomic mass is 16.1. The van der Waals surface area contributed by atoms with E-state index >= 15 is 0 Å². The molecule has 78 valence electrons. The van der Waals surface area contributed by atoms with E-state index in [1.54, 1.807) is 0 Å². The second-order valence-corrected chi connectivity index (χ2v) is 4.81. The Labute approximate surface area is 90.5 Å². The molecule has 2 aliphatic carbocycles. The summed E-state index contributed by atoms with van der Waals surface area (Å²) in [5.41, 5.74) is 5.27. The molecule has 1 nitrogen and oxygen atoms in total. The van der Waals surface area contributed by atoms with Crippen LogP contribution in [-0.4, -0.2) is 5.78 Å². The molecule has 0 amide bonds. The molecule has 15 heavy (non-hydrogen) atoms. The monoisotopic (exact) mass is 200 g/mol. The van der Waals surface area contributed by atoms with E-state index in [-0.39, 0.29) is 5.92 Å². The van der Waals surface area contributed by atoms with Gasteiger partial charge in [-0.25, -0.2) is 0 Å². The number of carbonyl (C=O) groups excluding carboxylic acids is 1. The summed E-state index contributed by atoms with van der Waals surface area (Å²) in [7, 11) is 0. The molecule has 3 rings (SSSR count). The molecule has 1 heteroatoms. The van der Waals surface area contributed by atoms with E-state index in [9.17, 15) is 4.79 Å². The number of benzene rings is 1. The third kappa shape index (κ3) is 1.26. The van der Waals surface area contributed by atoms with Crippen LogP contribution in [0, 0.1) is 5.92 Å². The minimum atomic E-state index is 0.266. The second kappa shape index (κ2) is 3.19. The van der Waals surface area contributed by atoms with Gasteiger partial charge in [0.1, 0.15) is 0 Å². The summed E-state index contributed by atoms with van der Waals surface area (Å²) in [5, 5.41) is 0. The maximum atomic E-state index is 12.0. The van der Waals surface area contributed by atoms with Gasteiger partial charge >= 0.3 is 0 Å². The lowest BCUT2D eigenvalue weighted by Gasteiger charge is -2.02. The van der Waals surface area contributed by atoms with Crippen LogP contribution in [0.4, 0.5) is 0 Å². The molecule has 0 fully saturated rings. The van der Waals surface area contributed by atoms with Gasteiger partial charge < -0.3 is 0 Å². The van der Waals surface area contributed by atoms with E-state index < -0.39 is 0 Å². The smallest absolute Gasteiger partial charge is 0.166 e. The molecule has 0 saturated heterocycles. The number of fused-ring (bicyclic) bond motifs is 2. The number of carbonyl (C=O) groups is 1. The van der Waals surface area contributed by atoms with E-state index in [0.717, 1.165) is 18.4 Å². The molecule has 0 N–H and O–H groups in total. The van der Waals surface area contributed by atoms with Crippen LogP contribution in [0.2, 0.25) is 0 Å². The molecule has 2 aliphatic rings. The van der Waals surface area contributed by atoms with E-state index in [1.807, 2.05) is 0 Å². The molecule has 0 radical (unpaired) electrons. The number of hydrogen-bond donors (Lipinski definition) is 0. The average molecular weight is 200 g/mol. The number of aryl methyl sites for hydroxylation is 2. The van der Waals surface area contributed by atoms with Gasteiger partial charge in [0, 0.05) is 11.5 Å². The van der Waals surface area contributed by atoms with Gasteiger partial charge in [0.05, 0.1) is 0 Å². The standard InChI is InChI=1S/C14H16O/c1-2-9-6-12-7-10-4-3-5-11(10)8-13(12)14(9)15/h7-9H,2-6H2,1H3. The van der Waals surface area contributed by atoms with E-state index in [4.69, 9.17) is 0 Å². The van der Waals surface area contributed by atoms with Gasteiger partial charge in [-0.3, -0.25) is 4.79 Å². The Hall–Kier alpha value is -1.11. The molecular formula is C14H16O. The maximum absolute atomic E-state index is 12.0. The Morgan fingerprint density at radius 2 is 1.93 bits per heavy atom. The first kappa shape index (κ1) is 9.14. The van der Waals surface area contributed by atoms with Crippen molar-refractivity contribution in [2.75, 3.05) is 0 Å². The van der Waals surface area contributed by atoms with Gasteiger partial charge in [-0.1, -0.05) is 13.0 Å². The molecular weight excluding hydrogens is 184 g/mol. The summed E-state index contributed by atoms with van der Waals surface area (Å²) in [5.74, 6) is 0.657. The van der Waals surface area contributed by atoms with Crippen LogP contribution in [0.5, 0.6) is 0 Å². The molecule has 0 aromatic heterocycles. The van der Waals surface area contributed by atoms with Crippen molar-refractivity contribution in [2.45, 2.75) is 39.0 Å². The molecule has 0 aliphatic heterocycles. The van der Waals surface area contributed by atoms with Gasteiger partial charge in [-0.05, 0) is 54.9 Å². The third-order valence-corrected chi connectivity index (χ3v) is 3.91. The lowest BCUT2D eigenvalue weighted by atomic mass is 10.0. The highest BCUT2D eigenvalue weighted by Crippen LogP contribution is 2.33. The van der Waals surface area contributed by atoms with E-state index in [1.165, 1.54) is 36.0 Å². The first-order valence-electron chi connectivity index (χ1n) is 5.98. The number of ketones is 1. The minimum absolute atomic E-state index is 0.266. The number of hydrogen-bond acceptors (Lipinski definition) is 1. The fourth-order valence-corrected chi connectivity index (χ4v) is 2.98. The number of Topliss-reactive ketones (excluding diaryl/α,β-unsaturated/α-hetero) is 1. The molecule has 0 bridgehead atoms. The van der Waals surface area contributed by atoms with Crippen molar-refractivity contribution in [3.05, 3.63) is 34.4 Å². The van der Waals surface area contributed by atoms with Crippen LogP contribution in [0.1, 0.15) is 46.8 Å². The largest absolute Gasteiger partial charge is 0.294 e. The van der Waals surface area contributed by atoms with Gasteiger partial charge in [-0.15, -0.1) is 0 Å². The average Bonchev–Trinajstić information content (AvgIpc) is 2.80. The zero-order chi connectivity index (χ0) is 10.4. The molecule has 1 unspecified atom stereocenters. The fourth-order valence-electron chi connectivity index (χ4n) is 2.98. The summed E-state index contributed by atoms with van der Waals surface area (Å²) >= 11 is 0. The van der Waals surface area contributed by atoms with Gasteiger partial charge in [0.2, 0.25) is 0 Å². The molecule has 0 heterocycles. The fraction of sp³-hybridized carbons (Fsp3) is 0.500. The lowest BCUT2D eigenvalue weighted by Crippen LogP contribution is -2.06. The van der Waals surface area contributed by atoms with Crippen molar-refractivity contribution in [3.8, 4) is 0 Å². The SMILES string of the molecule is CCC1Cc2cc3c(cc2C1=O)CCC3. The summed E-state index contributed by atoms with van der Waals surface area (Å²) < 4.78 is 0. The second-order valence-electron chi connectivity index (χ2n) is 4.81. The Morgan fingerprint density at radius 3 is 2.67 bits per heavy atom. The predicted octanol–water partition coefficient (Wildman–Crippen LogP) is 2.94. The summed E-state index contributed by atoms with van der Waals surface area (Å²) in [6.07, 6.45) is 5.63. The van der Waals surface area contributed by atoms with Gasteiger partial charge in [-0.2, -0.15) is 0 Å². The van der Waals surface area contributed by atoms with Crippen LogP contribution in [-0.2, 0) is 19.3 Å². The van der Waals surface area contributed by atoms with Crippen LogP contribution < -0.4 is 0 Å². The van der Waals surface area contributed by atoms with Crippen LogP contribution in [0.3, 0.4) is 0 Å². The quantitative estimate of drug-likeness (QED) is 0.681. The molecule has 1 aromatic rings. The Bertz CT molecular complexity index is 431. The van der Waals surface area contributed by atoms with Crippen molar-refractivity contribution in [2.24, 2.45) is 5.92 Å². The molecule has 1 aromatic carbocycles. The zero-order valence-electron chi connectivity index (χ0n) is 9.18. The van der Waals surface area contributed by atoms with Gasteiger partial charge in [0.15, 0.2) is 5.78 Å². The van der Waals surface area contributed by atoms with Crippen LogP contribution in [0.15, 0.2) is 12.1 Å². The van der Waals surface area contributed by atoms with Crippen LogP contribution >= 0.6 is 0 Å². The van der Waals surface area contributed by atoms with Crippen molar-refractivity contribution >= 4 is 5.78 Å². The highest BCUT2D eigenvalue weighted by molar-refractivity contribution is 6.02. The van der Waals surface area contributed by atoms with Crippen LogP contribution in [0.25, 0.3) is 0 Å². The summed E-state index contributed by atoms with van der Waals surface area (Å²) in [6.45, 7) is 2.11. The Balaban J connectivity index is 2.09. The normalized spacial score (nSPS) is 23.0. The predicted molar refractivity (Wildman–Crippen MR) is 60.3 cm³/mol. The van der Waals surface area contributed by atoms with Crippen molar-refractivity contribution in [1.29, 1.82) is 0 Å². The lowest BCUT2D eigenvalue weighted by molar-refractivity contribution is 0.0934.